The van der Waals surface area contributed by atoms with Gasteiger partial charge >= 0.3 is 0 Å². The van der Waals surface area contributed by atoms with Gasteiger partial charge in [0, 0.05) is 23.6 Å². The van der Waals surface area contributed by atoms with Crippen LogP contribution >= 0.6 is 15.9 Å². The van der Waals surface area contributed by atoms with E-state index in [0.717, 1.165) is 4.47 Å². The van der Waals surface area contributed by atoms with E-state index in [1.807, 2.05) is 6.07 Å². The number of benzene rings is 2. The van der Waals surface area contributed by atoms with Gasteiger partial charge in [0.2, 0.25) is 17.6 Å². The largest absolute Gasteiger partial charge is 0.324 e. The summed E-state index contributed by atoms with van der Waals surface area (Å²) in [5.41, 5.74) is 1.19. The molecule has 0 unspecified atom stereocenters. The van der Waals surface area contributed by atoms with Gasteiger partial charge in [-0.25, -0.2) is 4.98 Å². The minimum atomic E-state index is -0.486. The lowest BCUT2D eigenvalue weighted by molar-refractivity contribution is -0.117. The summed E-state index contributed by atoms with van der Waals surface area (Å²) in [5, 5.41) is 2.78. The molecule has 0 aliphatic carbocycles. The summed E-state index contributed by atoms with van der Waals surface area (Å²) < 4.78 is 2.18. The lowest BCUT2D eigenvalue weighted by Crippen LogP contribution is -2.38. The SMILES string of the molecule is CCN(C(C)=O)c1nc2ccccc2n(CC(=O)Nc2cccc(Br)c2)c1=O. The van der Waals surface area contributed by atoms with Crippen molar-refractivity contribution in [3.63, 3.8) is 0 Å². The third-order valence-corrected chi connectivity index (χ3v) is 4.69. The quantitative estimate of drug-likeness (QED) is 0.657. The third kappa shape index (κ3) is 4.12. The summed E-state index contributed by atoms with van der Waals surface area (Å²) in [4.78, 5) is 43.2. The Labute approximate surface area is 170 Å². The van der Waals surface area contributed by atoms with Crippen LogP contribution in [0.3, 0.4) is 0 Å². The van der Waals surface area contributed by atoms with Crippen molar-refractivity contribution in [1.29, 1.82) is 0 Å². The third-order valence-electron chi connectivity index (χ3n) is 4.20. The van der Waals surface area contributed by atoms with Crippen molar-refractivity contribution in [2.45, 2.75) is 20.4 Å². The summed E-state index contributed by atoms with van der Waals surface area (Å²) in [6.45, 7) is 3.25. The molecule has 0 bridgehead atoms. The van der Waals surface area contributed by atoms with Gasteiger partial charge in [-0.05, 0) is 37.3 Å². The van der Waals surface area contributed by atoms with Gasteiger partial charge in [0.1, 0.15) is 6.54 Å². The predicted molar refractivity (Wildman–Crippen MR) is 112 cm³/mol. The molecule has 3 rings (SSSR count). The Bertz CT molecular complexity index is 1110. The highest BCUT2D eigenvalue weighted by Crippen LogP contribution is 2.17. The highest BCUT2D eigenvalue weighted by molar-refractivity contribution is 9.10. The van der Waals surface area contributed by atoms with Crippen molar-refractivity contribution in [3.8, 4) is 0 Å². The van der Waals surface area contributed by atoms with E-state index in [4.69, 9.17) is 0 Å². The molecular weight excluding hydrogens is 424 g/mol. The molecule has 144 valence electrons. The fourth-order valence-electron chi connectivity index (χ4n) is 2.94. The van der Waals surface area contributed by atoms with Gasteiger partial charge in [-0.15, -0.1) is 0 Å². The zero-order chi connectivity index (χ0) is 20.3. The van der Waals surface area contributed by atoms with Crippen molar-refractivity contribution >= 4 is 50.3 Å². The minimum Gasteiger partial charge on any atom is -0.324 e. The Hall–Kier alpha value is -3.00. The van der Waals surface area contributed by atoms with Gasteiger partial charge in [0.25, 0.3) is 5.56 Å². The molecular formula is C20H19BrN4O3. The number of anilines is 2. The molecule has 2 aromatic carbocycles. The first-order valence-corrected chi connectivity index (χ1v) is 9.53. The molecule has 0 spiro atoms. The Morgan fingerprint density at radius 3 is 2.61 bits per heavy atom. The van der Waals surface area contributed by atoms with Crippen molar-refractivity contribution in [3.05, 3.63) is 63.4 Å². The number of nitrogens with one attached hydrogen (secondary N) is 1. The monoisotopic (exact) mass is 442 g/mol. The minimum absolute atomic E-state index is 0.0176. The Balaban J connectivity index is 2.03. The first-order valence-electron chi connectivity index (χ1n) is 8.73. The number of para-hydroxylation sites is 2. The Morgan fingerprint density at radius 2 is 1.93 bits per heavy atom. The number of hydrogen-bond acceptors (Lipinski definition) is 4. The molecule has 3 aromatic rings. The van der Waals surface area contributed by atoms with E-state index in [1.165, 1.54) is 16.4 Å². The maximum atomic E-state index is 13.0. The van der Waals surface area contributed by atoms with Crippen LogP contribution in [-0.4, -0.2) is 27.9 Å². The van der Waals surface area contributed by atoms with E-state index in [-0.39, 0.29) is 24.2 Å². The number of amides is 2. The van der Waals surface area contributed by atoms with Gasteiger partial charge in [0.05, 0.1) is 11.0 Å². The standard InChI is InChI=1S/C20H19BrN4O3/c1-3-24(13(2)26)19-20(28)25(17-10-5-4-9-16(17)23-19)12-18(27)22-15-8-6-7-14(21)11-15/h4-11H,3,12H2,1-2H3,(H,22,27). The van der Waals surface area contributed by atoms with Crippen molar-refractivity contribution in [2.24, 2.45) is 0 Å². The van der Waals surface area contributed by atoms with Crippen LogP contribution in [0.2, 0.25) is 0 Å². The molecule has 0 atom stereocenters. The Morgan fingerprint density at radius 1 is 1.18 bits per heavy atom. The van der Waals surface area contributed by atoms with Crippen LogP contribution in [0.5, 0.6) is 0 Å². The number of hydrogen-bond donors (Lipinski definition) is 1. The number of carbonyl (C=O) groups is 2. The summed E-state index contributed by atoms with van der Waals surface area (Å²) >= 11 is 3.36. The van der Waals surface area contributed by atoms with Gasteiger partial charge < -0.3 is 5.32 Å². The molecule has 0 aliphatic heterocycles. The molecule has 1 heterocycles. The average molecular weight is 443 g/mol. The molecule has 8 heteroatoms. The smallest absolute Gasteiger partial charge is 0.294 e. The normalized spacial score (nSPS) is 10.7. The predicted octanol–water partition coefficient (Wildman–Crippen LogP) is 3.17. The van der Waals surface area contributed by atoms with Crippen LogP contribution in [-0.2, 0) is 16.1 Å². The first-order chi connectivity index (χ1) is 13.4. The lowest BCUT2D eigenvalue weighted by atomic mass is 10.2. The van der Waals surface area contributed by atoms with Crippen molar-refractivity contribution in [1.82, 2.24) is 9.55 Å². The summed E-state index contributed by atoms with van der Waals surface area (Å²) in [6.07, 6.45) is 0. The summed E-state index contributed by atoms with van der Waals surface area (Å²) in [6, 6.07) is 14.2. The molecule has 0 saturated heterocycles. The molecule has 28 heavy (non-hydrogen) atoms. The lowest BCUT2D eigenvalue weighted by Gasteiger charge is -2.19. The molecule has 0 fully saturated rings. The van der Waals surface area contributed by atoms with Crippen molar-refractivity contribution < 1.29 is 9.59 Å². The topological polar surface area (TPSA) is 84.3 Å². The van der Waals surface area contributed by atoms with E-state index in [0.29, 0.717) is 23.3 Å². The van der Waals surface area contributed by atoms with Gasteiger partial charge in [-0.1, -0.05) is 34.1 Å². The second-order valence-corrected chi connectivity index (χ2v) is 7.05. The van der Waals surface area contributed by atoms with E-state index >= 15 is 0 Å². The highest BCUT2D eigenvalue weighted by Gasteiger charge is 2.20. The van der Waals surface area contributed by atoms with Gasteiger partial charge in [-0.3, -0.25) is 23.9 Å². The molecule has 1 aromatic heterocycles. The van der Waals surface area contributed by atoms with Gasteiger partial charge in [0.15, 0.2) is 0 Å². The van der Waals surface area contributed by atoms with E-state index in [1.54, 1.807) is 49.4 Å². The molecule has 0 radical (unpaired) electrons. The van der Waals surface area contributed by atoms with Crippen LogP contribution in [0.25, 0.3) is 11.0 Å². The highest BCUT2D eigenvalue weighted by atomic mass is 79.9. The summed E-state index contributed by atoms with van der Waals surface area (Å²) in [5.74, 6) is -0.621. The number of halogens is 1. The van der Waals surface area contributed by atoms with Crippen LogP contribution in [0.15, 0.2) is 57.8 Å². The van der Waals surface area contributed by atoms with E-state index in [2.05, 4.69) is 26.2 Å². The second-order valence-electron chi connectivity index (χ2n) is 6.14. The molecule has 0 saturated carbocycles. The van der Waals surface area contributed by atoms with Crippen molar-refractivity contribution in [2.75, 3.05) is 16.8 Å². The number of nitrogens with zero attached hydrogens (tertiary/aromatic N) is 3. The fourth-order valence-corrected chi connectivity index (χ4v) is 3.34. The number of aromatic nitrogens is 2. The van der Waals surface area contributed by atoms with E-state index < -0.39 is 5.56 Å². The van der Waals surface area contributed by atoms with Crippen LogP contribution in [0.1, 0.15) is 13.8 Å². The average Bonchev–Trinajstić information content (AvgIpc) is 2.65. The molecule has 7 nitrogen and oxygen atoms in total. The van der Waals surface area contributed by atoms with E-state index in [9.17, 15) is 14.4 Å². The van der Waals surface area contributed by atoms with Gasteiger partial charge in [-0.2, -0.15) is 0 Å². The second kappa shape index (κ2) is 8.35. The van der Waals surface area contributed by atoms with Crippen LogP contribution in [0.4, 0.5) is 11.5 Å². The molecule has 0 aliphatic rings. The molecule has 2 amide bonds. The maximum Gasteiger partial charge on any atom is 0.294 e. The fraction of sp³-hybridized carbons (Fsp3) is 0.200. The van der Waals surface area contributed by atoms with Crippen LogP contribution in [0, 0.1) is 0 Å². The van der Waals surface area contributed by atoms with Crippen LogP contribution < -0.4 is 15.8 Å². The Kier molecular flexibility index (Phi) is 5.89. The summed E-state index contributed by atoms with van der Waals surface area (Å²) in [7, 11) is 0. The zero-order valence-electron chi connectivity index (χ0n) is 15.5. The molecule has 1 N–H and O–H groups in total. The number of carbonyl (C=O) groups excluding carboxylic acids is 2. The zero-order valence-corrected chi connectivity index (χ0v) is 17.1. The first kappa shape index (κ1) is 19.8. The number of fused-ring (bicyclic) bond motifs is 1. The maximum absolute atomic E-state index is 13.0. The number of rotatable bonds is 5.